The SMILES string of the molecule is COC(=O)c1c(C)[nH]c2ccc(S(F)(F)(F)(F)F)cc12. The minimum Gasteiger partial charge on any atom is -0.465 e. The molecule has 0 unspecified atom stereocenters. The van der Waals surface area contributed by atoms with Crippen LogP contribution in [0.1, 0.15) is 16.1 Å². The molecule has 0 aliphatic heterocycles. The third-order valence-electron chi connectivity index (χ3n) is 2.79. The Morgan fingerprint density at radius 1 is 1.20 bits per heavy atom. The predicted octanol–water partition coefficient (Wildman–Crippen LogP) is 4.92. The molecule has 1 heterocycles. The number of carbonyl (C=O) groups is 1. The van der Waals surface area contributed by atoms with Crippen molar-refractivity contribution in [1.29, 1.82) is 0 Å². The van der Waals surface area contributed by atoms with Crippen LogP contribution in [0.25, 0.3) is 10.9 Å². The molecule has 112 valence electrons. The molecule has 0 fully saturated rings. The predicted molar refractivity (Wildman–Crippen MR) is 65.8 cm³/mol. The summed E-state index contributed by atoms with van der Waals surface area (Å²) in [5.74, 6) is -0.895. The normalized spacial score (nSPS) is 15.8. The molecule has 0 saturated heterocycles. The van der Waals surface area contributed by atoms with Crippen molar-refractivity contribution in [2.45, 2.75) is 11.8 Å². The Balaban J connectivity index is 2.81. The number of esters is 1. The second-order valence-electron chi connectivity index (χ2n) is 4.29. The molecule has 0 aliphatic carbocycles. The smallest absolute Gasteiger partial charge is 0.340 e. The number of methoxy groups -OCH3 is 1. The first-order valence-corrected chi connectivity index (χ1v) is 7.23. The van der Waals surface area contributed by atoms with E-state index in [9.17, 15) is 24.2 Å². The molecule has 0 atom stereocenters. The molecule has 2 aromatic rings. The lowest BCUT2D eigenvalue weighted by Gasteiger charge is -2.40. The quantitative estimate of drug-likeness (QED) is 0.631. The molecule has 1 aromatic carbocycles. The summed E-state index contributed by atoms with van der Waals surface area (Å²) in [7, 11) is -8.73. The number of hydrogen-bond acceptors (Lipinski definition) is 2. The Kier molecular flexibility index (Phi) is 2.53. The zero-order valence-electron chi connectivity index (χ0n) is 10.3. The molecule has 0 radical (unpaired) electrons. The molecule has 0 aliphatic rings. The third kappa shape index (κ3) is 2.45. The molecular weight excluding hydrogens is 305 g/mol. The summed E-state index contributed by atoms with van der Waals surface area (Å²) in [6.07, 6.45) is 0. The number of fused-ring (bicyclic) bond motifs is 1. The minimum atomic E-state index is -9.79. The number of hydrogen-bond donors (Lipinski definition) is 1. The third-order valence-corrected chi connectivity index (χ3v) is 3.94. The summed E-state index contributed by atoms with van der Waals surface area (Å²) in [6.45, 7) is 1.44. The number of ether oxygens (including phenoxy) is 1. The molecule has 0 saturated carbocycles. The van der Waals surface area contributed by atoms with Crippen molar-refractivity contribution in [1.82, 2.24) is 4.98 Å². The van der Waals surface area contributed by atoms with Crippen LogP contribution in [0.2, 0.25) is 0 Å². The van der Waals surface area contributed by atoms with Gasteiger partial charge < -0.3 is 9.72 Å². The number of aromatic amines is 1. The Morgan fingerprint density at radius 2 is 1.80 bits per heavy atom. The van der Waals surface area contributed by atoms with E-state index in [1.54, 1.807) is 0 Å². The molecule has 20 heavy (non-hydrogen) atoms. The number of nitrogens with one attached hydrogen (secondary N) is 1. The largest absolute Gasteiger partial charge is 0.465 e. The number of halogens is 5. The van der Waals surface area contributed by atoms with Gasteiger partial charge in [0, 0.05) is 16.6 Å². The Hall–Kier alpha value is -1.77. The number of carbonyl (C=O) groups excluding carboxylic acids is 1. The molecule has 0 bridgehead atoms. The monoisotopic (exact) mass is 315 g/mol. The van der Waals surface area contributed by atoms with E-state index in [1.165, 1.54) is 6.92 Å². The van der Waals surface area contributed by atoms with Crippen LogP contribution in [-0.2, 0) is 4.74 Å². The standard InChI is InChI=1S/C11H10F5NO2S/c1-6-10(11(18)19-2)8-5-7(3-4-9(8)17-6)20(12,13,14,15)16/h3-5,17H,1-2H3. The molecule has 3 nitrogen and oxygen atoms in total. The maximum absolute atomic E-state index is 12.8. The van der Waals surface area contributed by atoms with Crippen LogP contribution in [0.4, 0.5) is 19.4 Å². The Labute approximate surface area is 110 Å². The summed E-state index contributed by atoms with van der Waals surface area (Å²) in [5, 5.41) is -0.250. The Morgan fingerprint density at radius 3 is 2.30 bits per heavy atom. The van der Waals surface area contributed by atoms with Gasteiger partial charge in [0.05, 0.1) is 12.7 Å². The molecule has 0 spiro atoms. The van der Waals surface area contributed by atoms with Crippen LogP contribution in [0, 0.1) is 6.92 Å². The van der Waals surface area contributed by atoms with Crippen molar-refractivity contribution in [3.8, 4) is 0 Å². The van der Waals surface area contributed by atoms with Gasteiger partial charge in [0.1, 0.15) is 4.90 Å². The lowest BCUT2D eigenvalue weighted by Crippen LogP contribution is -2.06. The van der Waals surface area contributed by atoms with E-state index in [-0.39, 0.29) is 28.2 Å². The number of aromatic nitrogens is 1. The van der Waals surface area contributed by atoms with Crippen molar-refractivity contribution in [2.24, 2.45) is 0 Å². The van der Waals surface area contributed by atoms with Crippen LogP contribution in [0.15, 0.2) is 23.1 Å². The highest BCUT2D eigenvalue weighted by molar-refractivity contribution is 8.45. The number of benzene rings is 1. The van der Waals surface area contributed by atoms with Gasteiger partial charge in [-0.2, -0.15) is 0 Å². The van der Waals surface area contributed by atoms with Gasteiger partial charge in [-0.25, -0.2) is 4.79 Å². The van der Waals surface area contributed by atoms with E-state index in [2.05, 4.69) is 9.72 Å². The lowest BCUT2D eigenvalue weighted by atomic mass is 10.1. The van der Waals surface area contributed by atoms with Crippen molar-refractivity contribution >= 4 is 27.1 Å². The summed E-state index contributed by atoms with van der Waals surface area (Å²) < 4.78 is 68.3. The van der Waals surface area contributed by atoms with Gasteiger partial charge in [0.2, 0.25) is 0 Å². The van der Waals surface area contributed by atoms with E-state index >= 15 is 0 Å². The second kappa shape index (κ2) is 3.46. The Bertz CT molecular complexity index is 720. The minimum absolute atomic E-state index is 0.147. The molecule has 0 amide bonds. The molecular formula is C11H10F5NO2S. The van der Waals surface area contributed by atoms with Crippen LogP contribution in [-0.4, -0.2) is 18.1 Å². The maximum atomic E-state index is 12.8. The van der Waals surface area contributed by atoms with E-state index in [1.807, 2.05) is 0 Å². The van der Waals surface area contributed by atoms with Crippen LogP contribution in [0.5, 0.6) is 0 Å². The highest BCUT2D eigenvalue weighted by Gasteiger charge is 2.65. The van der Waals surface area contributed by atoms with Gasteiger partial charge in [0.15, 0.2) is 0 Å². The average Bonchev–Trinajstić information content (AvgIpc) is 2.60. The van der Waals surface area contributed by atoms with Gasteiger partial charge in [-0.05, 0) is 25.1 Å². The zero-order chi connectivity index (χ0) is 15.4. The van der Waals surface area contributed by atoms with Crippen molar-refractivity contribution in [3.63, 3.8) is 0 Å². The van der Waals surface area contributed by atoms with E-state index in [4.69, 9.17) is 0 Å². The number of H-pyrrole nitrogens is 1. The lowest BCUT2D eigenvalue weighted by molar-refractivity contribution is 0.0602. The fourth-order valence-electron chi connectivity index (χ4n) is 1.91. The highest BCUT2D eigenvalue weighted by Crippen LogP contribution is 3.02. The average molecular weight is 315 g/mol. The summed E-state index contributed by atoms with van der Waals surface area (Å²) >= 11 is 0. The molecule has 2 rings (SSSR count). The first kappa shape index (κ1) is 14.6. The van der Waals surface area contributed by atoms with E-state index in [0.29, 0.717) is 6.07 Å². The number of rotatable bonds is 2. The van der Waals surface area contributed by atoms with Gasteiger partial charge in [-0.1, -0.05) is 19.4 Å². The van der Waals surface area contributed by atoms with E-state index in [0.717, 1.165) is 13.2 Å². The first-order valence-electron chi connectivity index (χ1n) is 5.28. The molecule has 1 aromatic heterocycles. The van der Waals surface area contributed by atoms with Crippen LogP contribution in [0.3, 0.4) is 0 Å². The summed E-state index contributed by atoms with van der Waals surface area (Å²) in [5.41, 5.74) is 0.200. The van der Waals surface area contributed by atoms with Crippen LogP contribution >= 0.6 is 10.2 Å². The fourth-order valence-corrected chi connectivity index (χ4v) is 2.58. The summed E-state index contributed by atoms with van der Waals surface area (Å²) in [6, 6.07) is 1.43. The van der Waals surface area contributed by atoms with Gasteiger partial charge in [-0.15, -0.1) is 0 Å². The van der Waals surface area contributed by atoms with Crippen molar-refractivity contribution in [3.05, 3.63) is 29.5 Å². The summed E-state index contributed by atoms with van der Waals surface area (Å²) in [4.78, 5) is 12.1. The van der Waals surface area contributed by atoms with Crippen LogP contribution < -0.4 is 0 Å². The molecule has 1 N–H and O–H groups in total. The second-order valence-corrected chi connectivity index (χ2v) is 6.70. The highest BCUT2D eigenvalue weighted by atomic mass is 32.5. The first-order chi connectivity index (χ1) is 8.83. The topological polar surface area (TPSA) is 42.1 Å². The van der Waals surface area contributed by atoms with Crippen molar-refractivity contribution in [2.75, 3.05) is 7.11 Å². The van der Waals surface area contributed by atoms with Gasteiger partial charge in [-0.3, -0.25) is 0 Å². The fraction of sp³-hybridized carbons (Fsp3) is 0.182. The van der Waals surface area contributed by atoms with Crippen molar-refractivity contribution < 1.29 is 29.0 Å². The number of aryl methyl sites for hydroxylation is 1. The molecule has 9 heteroatoms. The van der Waals surface area contributed by atoms with Gasteiger partial charge >= 0.3 is 16.2 Å². The van der Waals surface area contributed by atoms with Gasteiger partial charge in [0.25, 0.3) is 0 Å². The van der Waals surface area contributed by atoms with E-state index < -0.39 is 21.1 Å². The zero-order valence-corrected chi connectivity index (χ0v) is 11.2. The maximum Gasteiger partial charge on any atom is 0.340 e.